The van der Waals surface area contributed by atoms with Crippen LogP contribution in [-0.4, -0.2) is 16.6 Å². The lowest BCUT2D eigenvalue weighted by atomic mass is 10.2. The van der Waals surface area contributed by atoms with Crippen molar-refractivity contribution in [1.82, 2.24) is 4.90 Å². The molecule has 3 rings (SSSR count). The Kier molecular flexibility index (Phi) is 6.83. The van der Waals surface area contributed by atoms with E-state index in [0.717, 1.165) is 24.5 Å². The standard InChI is InChI=1S/C23H24N2OS/c1-2-26-22-16-10-9-15-21(22)24-23(27)25(17-19-11-5-3-6-12-19)18-20-13-7-4-8-14-20/h3-16H,2,17-18H2,1H3,(H,24,27). The smallest absolute Gasteiger partial charge is 0.174 e. The lowest BCUT2D eigenvalue weighted by molar-refractivity contribution is 0.342. The van der Waals surface area contributed by atoms with Gasteiger partial charge in [0, 0.05) is 13.1 Å². The Balaban J connectivity index is 1.80. The van der Waals surface area contributed by atoms with Crippen LogP contribution in [0.3, 0.4) is 0 Å². The number of rotatable bonds is 7. The van der Waals surface area contributed by atoms with Crippen molar-refractivity contribution in [2.45, 2.75) is 20.0 Å². The predicted molar refractivity (Wildman–Crippen MR) is 116 cm³/mol. The zero-order chi connectivity index (χ0) is 18.9. The summed E-state index contributed by atoms with van der Waals surface area (Å²) < 4.78 is 5.71. The van der Waals surface area contributed by atoms with Crippen LogP contribution in [-0.2, 0) is 13.1 Å². The fraction of sp³-hybridized carbons (Fsp3) is 0.174. The molecule has 0 saturated carbocycles. The first-order valence-electron chi connectivity index (χ1n) is 9.12. The third kappa shape index (κ3) is 5.56. The molecule has 0 atom stereocenters. The third-order valence-electron chi connectivity index (χ3n) is 4.15. The molecule has 0 aliphatic carbocycles. The zero-order valence-corrected chi connectivity index (χ0v) is 16.3. The summed E-state index contributed by atoms with van der Waals surface area (Å²) in [4.78, 5) is 2.17. The monoisotopic (exact) mass is 376 g/mol. The molecular formula is C23H24N2OS. The summed E-state index contributed by atoms with van der Waals surface area (Å²) >= 11 is 5.76. The molecule has 27 heavy (non-hydrogen) atoms. The maximum absolute atomic E-state index is 5.76. The highest BCUT2D eigenvalue weighted by Gasteiger charge is 2.13. The van der Waals surface area contributed by atoms with Crippen molar-refractivity contribution in [2.24, 2.45) is 0 Å². The Morgan fingerprint density at radius 3 is 1.89 bits per heavy atom. The number of anilines is 1. The van der Waals surface area contributed by atoms with Crippen molar-refractivity contribution >= 4 is 23.0 Å². The Morgan fingerprint density at radius 2 is 1.33 bits per heavy atom. The van der Waals surface area contributed by atoms with E-state index in [1.165, 1.54) is 11.1 Å². The van der Waals surface area contributed by atoms with Gasteiger partial charge in [-0.2, -0.15) is 0 Å². The molecule has 0 aliphatic rings. The molecule has 138 valence electrons. The lowest BCUT2D eigenvalue weighted by Crippen LogP contribution is -2.34. The largest absolute Gasteiger partial charge is 0.492 e. The molecular weight excluding hydrogens is 352 g/mol. The zero-order valence-electron chi connectivity index (χ0n) is 15.5. The minimum atomic E-state index is 0.614. The highest BCUT2D eigenvalue weighted by atomic mass is 32.1. The molecule has 0 radical (unpaired) electrons. The van der Waals surface area contributed by atoms with Crippen molar-refractivity contribution in [3.63, 3.8) is 0 Å². The van der Waals surface area contributed by atoms with Crippen LogP contribution in [0.25, 0.3) is 0 Å². The van der Waals surface area contributed by atoms with Gasteiger partial charge in [-0.1, -0.05) is 72.8 Å². The van der Waals surface area contributed by atoms with E-state index in [4.69, 9.17) is 17.0 Å². The number of para-hydroxylation sites is 2. The van der Waals surface area contributed by atoms with Crippen molar-refractivity contribution < 1.29 is 4.74 Å². The van der Waals surface area contributed by atoms with Crippen molar-refractivity contribution in [2.75, 3.05) is 11.9 Å². The Hall–Kier alpha value is -2.85. The van der Waals surface area contributed by atoms with Gasteiger partial charge >= 0.3 is 0 Å². The first-order valence-corrected chi connectivity index (χ1v) is 9.52. The van der Waals surface area contributed by atoms with Crippen LogP contribution in [0, 0.1) is 0 Å². The minimum Gasteiger partial charge on any atom is -0.492 e. The van der Waals surface area contributed by atoms with Gasteiger partial charge in [-0.3, -0.25) is 0 Å². The van der Waals surface area contributed by atoms with Crippen LogP contribution in [0.5, 0.6) is 5.75 Å². The summed E-state index contributed by atoms with van der Waals surface area (Å²) in [5, 5.41) is 4.04. The van der Waals surface area contributed by atoms with E-state index in [-0.39, 0.29) is 0 Å². The van der Waals surface area contributed by atoms with Gasteiger partial charge in [0.25, 0.3) is 0 Å². The summed E-state index contributed by atoms with van der Waals surface area (Å²) in [6.07, 6.45) is 0. The number of nitrogens with one attached hydrogen (secondary N) is 1. The van der Waals surface area contributed by atoms with Gasteiger partial charge < -0.3 is 15.0 Å². The van der Waals surface area contributed by atoms with Crippen LogP contribution in [0.4, 0.5) is 5.69 Å². The molecule has 3 aromatic carbocycles. The first-order chi connectivity index (χ1) is 13.3. The van der Waals surface area contributed by atoms with Crippen LogP contribution in [0.15, 0.2) is 84.9 Å². The van der Waals surface area contributed by atoms with Crippen LogP contribution >= 0.6 is 12.2 Å². The number of ether oxygens (including phenoxy) is 1. The quantitative estimate of drug-likeness (QED) is 0.552. The molecule has 3 aromatic rings. The van der Waals surface area contributed by atoms with Crippen LogP contribution in [0.1, 0.15) is 18.1 Å². The minimum absolute atomic E-state index is 0.614. The molecule has 0 aromatic heterocycles. The molecule has 0 bridgehead atoms. The van der Waals surface area contributed by atoms with Gasteiger partial charge in [0.15, 0.2) is 5.11 Å². The first kappa shape index (κ1) is 18.9. The van der Waals surface area contributed by atoms with Crippen molar-refractivity contribution in [1.29, 1.82) is 0 Å². The SMILES string of the molecule is CCOc1ccccc1NC(=S)N(Cc1ccccc1)Cc1ccccc1. The number of thiocarbonyl (C=S) groups is 1. The summed E-state index contributed by atoms with van der Waals surface area (Å²) in [6.45, 7) is 4.06. The second kappa shape index (κ2) is 9.74. The Bertz CT molecular complexity index is 811. The van der Waals surface area contributed by atoms with E-state index >= 15 is 0 Å². The third-order valence-corrected chi connectivity index (χ3v) is 4.51. The van der Waals surface area contributed by atoms with Gasteiger partial charge in [-0.15, -0.1) is 0 Å². The maximum Gasteiger partial charge on any atom is 0.174 e. The average Bonchev–Trinajstić information content (AvgIpc) is 2.71. The van der Waals surface area contributed by atoms with E-state index in [1.807, 2.05) is 43.3 Å². The summed E-state index contributed by atoms with van der Waals surface area (Å²) in [6, 6.07) is 28.6. The van der Waals surface area contributed by atoms with Gasteiger partial charge in [-0.05, 0) is 42.4 Å². The fourth-order valence-corrected chi connectivity index (χ4v) is 3.09. The van der Waals surface area contributed by atoms with Crippen LogP contribution < -0.4 is 10.1 Å². The molecule has 0 fully saturated rings. The topological polar surface area (TPSA) is 24.5 Å². The van der Waals surface area contributed by atoms with E-state index < -0.39 is 0 Å². The van der Waals surface area contributed by atoms with Crippen LogP contribution in [0.2, 0.25) is 0 Å². The second-order valence-electron chi connectivity index (χ2n) is 6.19. The molecule has 0 saturated heterocycles. The number of nitrogens with zero attached hydrogens (tertiary/aromatic N) is 1. The summed E-state index contributed by atoms with van der Waals surface area (Å²) in [7, 11) is 0. The summed E-state index contributed by atoms with van der Waals surface area (Å²) in [5.41, 5.74) is 3.32. The summed E-state index contributed by atoms with van der Waals surface area (Å²) in [5.74, 6) is 0.807. The van der Waals surface area contributed by atoms with Gasteiger partial charge in [0.2, 0.25) is 0 Å². The number of hydrogen-bond donors (Lipinski definition) is 1. The van der Waals surface area contributed by atoms with Gasteiger partial charge in [0.1, 0.15) is 5.75 Å². The predicted octanol–water partition coefficient (Wildman–Crippen LogP) is 5.48. The maximum atomic E-state index is 5.76. The number of benzene rings is 3. The highest BCUT2D eigenvalue weighted by molar-refractivity contribution is 7.80. The Morgan fingerprint density at radius 1 is 0.815 bits per heavy atom. The molecule has 1 N–H and O–H groups in total. The molecule has 0 amide bonds. The lowest BCUT2D eigenvalue weighted by Gasteiger charge is -2.27. The average molecular weight is 377 g/mol. The van der Waals surface area contributed by atoms with E-state index in [9.17, 15) is 0 Å². The Labute approximate surface area is 166 Å². The number of hydrogen-bond acceptors (Lipinski definition) is 2. The van der Waals surface area contributed by atoms with E-state index in [0.29, 0.717) is 11.7 Å². The molecule has 0 unspecified atom stereocenters. The highest BCUT2D eigenvalue weighted by Crippen LogP contribution is 2.24. The fourth-order valence-electron chi connectivity index (χ4n) is 2.85. The molecule has 0 aliphatic heterocycles. The molecule has 0 heterocycles. The van der Waals surface area contributed by atoms with Gasteiger partial charge in [-0.25, -0.2) is 0 Å². The van der Waals surface area contributed by atoms with Crippen molar-refractivity contribution in [3.8, 4) is 5.75 Å². The van der Waals surface area contributed by atoms with Crippen molar-refractivity contribution in [3.05, 3.63) is 96.1 Å². The normalized spacial score (nSPS) is 10.3. The van der Waals surface area contributed by atoms with Gasteiger partial charge in [0.05, 0.1) is 12.3 Å². The van der Waals surface area contributed by atoms with E-state index in [2.05, 4.69) is 58.7 Å². The molecule has 4 heteroatoms. The van der Waals surface area contributed by atoms with E-state index in [1.54, 1.807) is 0 Å². The second-order valence-corrected chi connectivity index (χ2v) is 6.57. The molecule has 3 nitrogen and oxygen atoms in total. The molecule has 0 spiro atoms.